The molecule has 0 bridgehead atoms. The van der Waals surface area contributed by atoms with Crippen LogP contribution in [-0.4, -0.2) is 24.9 Å². The number of nitrogens with zero attached hydrogens (tertiary/aromatic N) is 4. The summed E-state index contributed by atoms with van der Waals surface area (Å²) in [6, 6.07) is 9.49. The van der Waals surface area contributed by atoms with Crippen LogP contribution in [0.15, 0.2) is 41.2 Å². The van der Waals surface area contributed by atoms with Gasteiger partial charge in [0.1, 0.15) is 11.6 Å². The lowest BCUT2D eigenvalue weighted by atomic mass is 10.2. The topological polar surface area (TPSA) is 70.8 Å². The number of aryl methyl sites for hydroxylation is 2. The first-order valence-electron chi connectivity index (χ1n) is 10.3. The van der Waals surface area contributed by atoms with Gasteiger partial charge in [-0.25, -0.2) is 14.2 Å². The largest absolute Gasteiger partial charge is 0.389 e. The molecule has 10 heteroatoms. The molecule has 2 N–H and O–H groups in total. The maximum Gasteiger partial charge on any atom is 0.389 e. The van der Waals surface area contributed by atoms with Crippen LogP contribution in [0, 0.1) is 5.82 Å². The van der Waals surface area contributed by atoms with Crippen LogP contribution in [0.2, 0.25) is 0 Å². The van der Waals surface area contributed by atoms with Gasteiger partial charge < -0.3 is 10.3 Å². The highest BCUT2D eigenvalue weighted by atomic mass is 19.4. The summed E-state index contributed by atoms with van der Waals surface area (Å²) in [6.45, 7) is 2.60. The lowest BCUT2D eigenvalue weighted by molar-refractivity contribution is -0.135. The second kappa shape index (κ2) is 8.42. The summed E-state index contributed by atoms with van der Waals surface area (Å²) in [5, 5.41) is 0. The van der Waals surface area contributed by atoms with Gasteiger partial charge in [0.25, 0.3) is 0 Å². The zero-order valence-corrected chi connectivity index (χ0v) is 17.5. The van der Waals surface area contributed by atoms with Gasteiger partial charge in [-0.05, 0) is 49.2 Å². The highest BCUT2D eigenvalue weighted by molar-refractivity contribution is 5.78. The number of hydrogen-bond acceptors (Lipinski definition) is 3. The Hall–Kier alpha value is -3.14. The van der Waals surface area contributed by atoms with Crippen LogP contribution in [-0.2, 0) is 26.2 Å². The number of halogens is 4. The van der Waals surface area contributed by atoms with Crippen molar-refractivity contribution in [2.75, 3.05) is 0 Å². The van der Waals surface area contributed by atoms with Crippen molar-refractivity contribution in [3.05, 3.63) is 64.1 Å². The van der Waals surface area contributed by atoms with Crippen molar-refractivity contribution in [2.45, 2.75) is 52.1 Å². The van der Waals surface area contributed by atoms with E-state index in [9.17, 15) is 22.4 Å². The lowest BCUT2D eigenvalue weighted by Gasteiger charge is -2.11. The Morgan fingerprint density at radius 2 is 1.75 bits per heavy atom. The minimum atomic E-state index is -4.26. The molecule has 4 rings (SSSR count). The molecule has 4 aromatic rings. The summed E-state index contributed by atoms with van der Waals surface area (Å²) in [7, 11) is 0. The zero-order valence-electron chi connectivity index (χ0n) is 17.5. The molecule has 6 nitrogen and oxygen atoms in total. The minimum Gasteiger partial charge on any atom is -0.326 e. The monoisotopic (exact) mass is 449 g/mol. The van der Waals surface area contributed by atoms with E-state index in [1.165, 1.54) is 21.3 Å². The molecule has 0 fully saturated rings. The first-order chi connectivity index (χ1) is 15.2. The van der Waals surface area contributed by atoms with Gasteiger partial charge in [-0.3, -0.25) is 9.13 Å². The van der Waals surface area contributed by atoms with Crippen LogP contribution >= 0.6 is 0 Å². The van der Waals surface area contributed by atoms with E-state index in [4.69, 9.17) is 5.73 Å². The second-order valence-corrected chi connectivity index (χ2v) is 7.67. The van der Waals surface area contributed by atoms with Crippen molar-refractivity contribution in [1.29, 1.82) is 0 Å². The molecule has 0 amide bonds. The predicted octanol–water partition coefficient (Wildman–Crippen LogP) is 4.16. The smallest absolute Gasteiger partial charge is 0.326 e. The third-order valence-electron chi connectivity index (χ3n) is 5.57. The van der Waals surface area contributed by atoms with E-state index in [0.717, 1.165) is 5.56 Å². The predicted molar refractivity (Wildman–Crippen MR) is 114 cm³/mol. The van der Waals surface area contributed by atoms with Gasteiger partial charge in [-0.1, -0.05) is 6.07 Å². The first kappa shape index (κ1) is 22.1. The van der Waals surface area contributed by atoms with Gasteiger partial charge in [-0.2, -0.15) is 13.2 Å². The molecule has 0 atom stereocenters. The van der Waals surface area contributed by atoms with E-state index in [-0.39, 0.29) is 25.2 Å². The Morgan fingerprint density at radius 1 is 1.00 bits per heavy atom. The molecule has 2 heterocycles. The number of fused-ring (bicyclic) bond motifs is 2. The molecule has 170 valence electrons. The Bertz CT molecular complexity index is 1330. The minimum absolute atomic E-state index is 0.00441. The highest BCUT2D eigenvalue weighted by Crippen LogP contribution is 2.25. The van der Waals surface area contributed by atoms with Gasteiger partial charge in [0.2, 0.25) is 0 Å². The standard InChI is InChI=1S/C22H23F4N5O/c1-2-29-18-7-5-15(23)11-19(18)31(21(29)32)13-20-28-16-10-14(12-27)4-6-17(16)30(20)9-3-8-22(24,25)26/h4-7,10-11H,2-3,8-9,12-13,27H2,1H3. The van der Waals surface area contributed by atoms with Gasteiger partial charge in [0.15, 0.2) is 0 Å². The fraction of sp³-hybridized carbons (Fsp3) is 0.364. The fourth-order valence-corrected chi connectivity index (χ4v) is 4.05. The van der Waals surface area contributed by atoms with E-state index in [2.05, 4.69) is 4.98 Å². The quantitative estimate of drug-likeness (QED) is 0.431. The second-order valence-electron chi connectivity index (χ2n) is 7.67. The summed E-state index contributed by atoms with van der Waals surface area (Å²) >= 11 is 0. The number of hydrogen-bond donors (Lipinski definition) is 1. The molecular weight excluding hydrogens is 426 g/mol. The first-order valence-corrected chi connectivity index (χ1v) is 10.3. The average molecular weight is 449 g/mol. The van der Waals surface area contributed by atoms with Gasteiger partial charge in [0.05, 0.1) is 28.6 Å². The Labute approximate surface area is 180 Å². The van der Waals surface area contributed by atoms with Crippen molar-refractivity contribution in [3.63, 3.8) is 0 Å². The molecule has 0 aliphatic carbocycles. The van der Waals surface area contributed by atoms with Crippen molar-refractivity contribution in [3.8, 4) is 0 Å². The summed E-state index contributed by atoms with van der Waals surface area (Å²) < 4.78 is 56.8. The third kappa shape index (κ3) is 4.14. The van der Waals surface area contributed by atoms with Crippen LogP contribution in [0.5, 0.6) is 0 Å². The summed E-state index contributed by atoms with van der Waals surface area (Å²) in [6.07, 6.45) is -5.31. The van der Waals surface area contributed by atoms with Gasteiger partial charge in [-0.15, -0.1) is 0 Å². The SMILES string of the molecule is CCn1c(=O)n(Cc2nc3cc(CN)ccc3n2CCCC(F)(F)F)c2cc(F)ccc21. The average Bonchev–Trinajstić information content (AvgIpc) is 3.21. The molecular formula is C22H23F4N5O. The van der Waals surface area contributed by atoms with Crippen LogP contribution in [0.3, 0.4) is 0 Å². The maximum absolute atomic E-state index is 13.9. The van der Waals surface area contributed by atoms with Gasteiger partial charge >= 0.3 is 11.9 Å². The van der Waals surface area contributed by atoms with E-state index >= 15 is 0 Å². The number of alkyl halides is 3. The molecule has 0 unspecified atom stereocenters. The molecule has 0 saturated heterocycles. The number of nitrogens with two attached hydrogens (primary N) is 1. The summed E-state index contributed by atoms with van der Waals surface area (Å²) in [4.78, 5) is 17.6. The molecule has 2 aromatic carbocycles. The van der Waals surface area contributed by atoms with Crippen molar-refractivity contribution >= 4 is 22.1 Å². The zero-order chi connectivity index (χ0) is 23.0. The van der Waals surface area contributed by atoms with Crippen molar-refractivity contribution < 1.29 is 17.6 Å². The number of rotatable bonds is 7. The number of benzene rings is 2. The summed E-state index contributed by atoms with van der Waals surface area (Å²) in [5.74, 6) is -0.0522. The third-order valence-corrected chi connectivity index (χ3v) is 5.57. The Morgan fingerprint density at radius 3 is 2.44 bits per heavy atom. The van der Waals surface area contributed by atoms with Crippen LogP contribution < -0.4 is 11.4 Å². The maximum atomic E-state index is 13.9. The molecule has 0 aliphatic heterocycles. The molecule has 0 aliphatic rings. The highest BCUT2D eigenvalue weighted by Gasteiger charge is 2.26. The summed E-state index contributed by atoms with van der Waals surface area (Å²) in [5.41, 5.74) is 8.47. The molecule has 0 saturated carbocycles. The molecule has 2 aromatic heterocycles. The Kier molecular flexibility index (Phi) is 5.81. The van der Waals surface area contributed by atoms with Crippen LogP contribution in [0.1, 0.15) is 31.2 Å². The number of aromatic nitrogens is 4. The van der Waals surface area contributed by atoms with Crippen molar-refractivity contribution in [1.82, 2.24) is 18.7 Å². The van der Waals surface area contributed by atoms with E-state index in [0.29, 0.717) is 41.0 Å². The Balaban J connectivity index is 1.82. The molecule has 32 heavy (non-hydrogen) atoms. The van der Waals surface area contributed by atoms with E-state index in [1.807, 2.05) is 6.92 Å². The van der Waals surface area contributed by atoms with Crippen molar-refractivity contribution in [2.24, 2.45) is 5.73 Å². The van der Waals surface area contributed by atoms with E-state index < -0.39 is 18.4 Å². The fourth-order valence-electron chi connectivity index (χ4n) is 4.05. The number of imidazole rings is 2. The van der Waals surface area contributed by atoms with Gasteiger partial charge in [0, 0.05) is 26.1 Å². The molecule has 0 spiro atoms. The molecule has 0 radical (unpaired) electrons. The van der Waals surface area contributed by atoms with E-state index in [1.54, 1.807) is 28.8 Å². The lowest BCUT2D eigenvalue weighted by Crippen LogP contribution is -2.25. The normalized spacial score (nSPS) is 12.3. The van der Waals surface area contributed by atoms with Crippen LogP contribution in [0.25, 0.3) is 22.1 Å². The van der Waals surface area contributed by atoms with Crippen LogP contribution in [0.4, 0.5) is 17.6 Å².